The Balaban J connectivity index is 1.59. The minimum atomic E-state index is -0.302. The van der Waals surface area contributed by atoms with Gasteiger partial charge in [0.25, 0.3) is 0 Å². The van der Waals surface area contributed by atoms with E-state index in [9.17, 15) is 9.18 Å². The number of rotatable bonds is 5. The fourth-order valence-corrected chi connectivity index (χ4v) is 3.07. The van der Waals surface area contributed by atoms with Gasteiger partial charge in [0.1, 0.15) is 5.82 Å². The molecule has 8 heteroatoms. The average molecular weight is 396 g/mol. The van der Waals surface area contributed by atoms with Crippen molar-refractivity contribution in [3.63, 3.8) is 0 Å². The van der Waals surface area contributed by atoms with Crippen molar-refractivity contribution in [3.8, 4) is 0 Å². The number of hydrogen-bond donors (Lipinski definition) is 2. The summed E-state index contributed by atoms with van der Waals surface area (Å²) in [5.41, 5.74) is 1.93. The summed E-state index contributed by atoms with van der Waals surface area (Å²) in [7, 11) is 0. The number of nitrogens with zero attached hydrogens (tertiary/aromatic N) is 1. The molecule has 0 bridgehead atoms. The molecule has 0 saturated carbocycles. The van der Waals surface area contributed by atoms with Crippen LogP contribution in [0.25, 0.3) is 0 Å². The molecule has 0 aliphatic carbocycles. The van der Waals surface area contributed by atoms with Crippen LogP contribution in [0.3, 0.4) is 0 Å². The number of anilines is 3. The van der Waals surface area contributed by atoms with Gasteiger partial charge in [-0.2, -0.15) is 0 Å². The molecule has 0 aliphatic rings. The van der Waals surface area contributed by atoms with Crippen molar-refractivity contribution in [2.45, 2.75) is 6.42 Å². The minimum Gasteiger partial charge on any atom is -0.332 e. The van der Waals surface area contributed by atoms with Crippen molar-refractivity contribution in [3.05, 3.63) is 69.4 Å². The molecule has 0 aliphatic heterocycles. The Morgan fingerprint density at radius 2 is 1.80 bits per heavy atom. The van der Waals surface area contributed by atoms with Crippen LogP contribution in [0.1, 0.15) is 5.69 Å². The molecule has 3 rings (SSSR count). The van der Waals surface area contributed by atoms with E-state index in [1.54, 1.807) is 35.7 Å². The normalized spacial score (nSPS) is 10.5. The van der Waals surface area contributed by atoms with E-state index in [1.165, 1.54) is 23.5 Å². The number of aromatic nitrogens is 1. The smallest absolute Gasteiger partial charge is 0.230 e. The van der Waals surface area contributed by atoms with Gasteiger partial charge in [0.05, 0.1) is 22.2 Å². The minimum absolute atomic E-state index is 0.127. The van der Waals surface area contributed by atoms with Crippen LogP contribution >= 0.6 is 34.5 Å². The van der Waals surface area contributed by atoms with Crippen molar-refractivity contribution >= 4 is 57.0 Å². The Morgan fingerprint density at radius 1 is 1.08 bits per heavy atom. The summed E-state index contributed by atoms with van der Waals surface area (Å²) >= 11 is 13.1. The topological polar surface area (TPSA) is 54.0 Å². The maximum Gasteiger partial charge on any atom is 0.230 e. The first kappa shape index (κ1) is 17.7. The van der Waals surface area contributed by atoms with Gasteiger partial charge in [-0.05, 0) is 42.5 Å². The lowest BCUT2D eigenvalue weighted by Crippen LogP contribution is -2.14. The molecule has 0 spiro atoms. The molecule has 0 saturated heterocycles. The molecule has 2 N–H and O–H groups in total. The quantitative estimate of drug-likeness (QED) is 0.598. The lowest BCUT2D eigenvalue weighted by Gasteiger charge is -2.05. The van der Waals surface area contributed by atoms with Gasteiger partial charge in [0.15, 0.2) is 5.13 Å². The van der Waals surface area contributed by atoms with Gasteiger partial charge in [-0.3, -0.25) is 4.79 Å². The van der Waals surface area contributed by atoms with Crippen LogP contribution in [0.2, 0.25) is 10.0 Å². The van der Waals surface area contributed by atoms with Crippen LogP contribution in [-0.4, -0.2) is 10.9 Å². The predicted octanol–water partition coefficient (Wildman–Crippen LogP) is 5.51. The Kier molecular flexibility index (Phi) is 5.53. The number of thiazole rings is 1. The number of carbonyl (C=O) groups is 1. The number of hydrogen-bond acceptors (Lipinski definition) is 4. The molecule has 2 aromatic carbocycles. The van der Waals surface area contributed by atoms with E-state index in [4.69, 9.17) is 23.2 Å². The molecule has 1 amide bonds. The third kappa shape index (κ3) is 4.92. The van der Waals surface area contributed by atoms with Gasteiger partial charge in [0, 0.05) is 16.8 Å². The molecule has 1 aromatic heterocycles. The summed E-state index contributed by atoms with van der Waals surface area (Å²) < 4.78 is 12.9. The third-order valence-electron chi connectivity index (χ3n) is 3.19. The second-order valence-electron chi connectivity index (χ2n) is 5.13. The Bertz CT molecular complexity index is 899. The van der Waals surface area contributed by atoms with Crippen molar-refractivity contribution < 1.29 is 9.18 Å². The van der Waals surface area contributed by atoms with Crippen LogP contribution in [0, 0.1) is 5.82 Å². The Hall–Kier alpha value is -2.15. The summed E-state index contributed by atoms with van der Waals surface area (Å²) in [6, 6.07) is 10.8. The maximum atomic E-state index is 12.9. The van der Waals surface area contributed by atoms with Crippen LogP contribution in [0.5, 0.6) is 0 Å². The number of carbonyl (C=O) groups excluding carboxylic acids is 1. The van der Waals surface area contributed by atoms with Gasteiger partial charge in [-0.25, -0.2) is 9.37 Å². The van der Waals surface area contributed by atoms with Crippen molar-refractivity contribution in [2.75, 3.05) is 10.6 Å². The second kappa shape index (κ2) is 7.82. The van der Waals surface area contributed by atoms with Crippen molar-refractivity contribution in [1.29, 1.82) is 0 Å². The van der Waals surface area contributed by atoms with E-state index < -0.39 is 0 Å². The molecule has 0 atom stereocenters. The highest BCUT2D eigenvalue weighted by atomic mass is 35.5. The van der Waals surface area contributed by atoms with E-state index in [0.29, 0.717) is 26.6 Å². The van der Waals surface area contributed by atoms with Crippen LogP contribution < -0.4 is 10.6 Å². The number of benzene rings is 2. The highest BCUT2D eigenvalue weighted by Crippen LogP contribution is 2.25. The Morgan fingerprint density at radius 3 is 2.52 bits per heavy atom. The zero-order chi connectivity index (χ0) is 17.8. The predicted molar refractivity (Wildman–Crippen MR) is 101 cm³/mol. The highest BCUT2D eigenvalue weighted by Gasteiger charge is 2.09. The van der Waals surface area contributed by atoms with E-state index in [2.05, 4.69) is 15.6 Å². The zero-order valence-corrected chi connectivity index (χ0v) is 15.1. The SMILES string of the molecule is O=C(Cc1csc(Nc2ccc(F)cc2)n1)Nc1ccc(Cl)c(Cl)c1. The summed E-state index contributed by atoms with van der Waals surface area (Å²) in [6.45, 7) is 0. The maximum absolute atomic E-state index is 12.9. The molecule has 4 nitrogen and oxygen atoms in total. The molecule has 0 fully saturated rings. The van der Waals surface area contributed by atoms with Crippen molar-refractivity contribution in [1.82, 2.24) is 4.98 Å². The Labute approximate surface area is 157 Å². The van der Waals surface area contributed by atoms with Crippen LogP contribution in [-0.2, 0) is 11.2 Å². The van der Waals surface area contributed by atoms with E-state index in [-0.39, 0.29) is 18.1 Å². The van der Waals surface area contributed by atoms with Gasteiger partial charge >= 0.3 is 0 Å². The first-order chi connectivity index (χ1) is 12.0. The highest BCUT2D eigenvalue weighted by molar-refractivity contribution is 7.13. The second-order valence-corrected chi connectivity index (χ2v) is 6.80. The number of nitrogens with one attached hydrogen (secondary N) is 2. The standard InChI is InChI=1S/C17H12Cl2FN3OS/c18-14-6-5-12(7-15(14)19)21-16(24)8-13-9-25-17(23-13)22-11-3-1-10(20)2-4-11/h1-7,9H,8H2,(H,21,24)(H,22,23). The van der Waals surface area contributed by atoms with Crippen LogP contribution in [0.4, 0.5) is 20.9 Å². The van der Waals surface area contributed by atoms with E-state index >= 15 is 0 Å². The lowest BCUT2D eigenvalue weighted by molar-refractivity contribution is -0.115. The van der Waals surface area contributed by atoms with Gasteiger partial charge in [-0.1, -0.05) is 23.2 Å². The van der Waals surface area contributed by atoms with E-state index in [0.717, 1.165) is 5.69 Å². The zero-order valence-electron chi connectivity index (χ0n) is 12.7. The van der Waals surface area contributed by atoms with Crippen molar-refractivity contribution in [2.24, 2.45) is 0 Å². The monoisotopic (exact) mass is 395 g/mol. The fraction of sp³-hybridized carbons (Fsp3) is 0.0588. The third-order valence-corrected chi connectivity index (χ3v) is 4.74. The average Bonchev–Trinajstić information content (AvgIpc) is 3.00. The molecular weight excluding hydrogens is 384 g/mol. The fourth-order valence-electron chi connectivity index (χ4n) is 2.05. The largest absolute Gasteiger partial charge is 0.332 e. The van der Waals surface area contributed by atoms with E-state index in [1.807, 2.05) is 0 Å². The molecule has 25 heavy (non-hydrogen) atoms. The molecule has 0 radical (unpaired) electrons. The molecule has 0 unspecified atom stereocenters. The van der Waals surface area contributed by atoms with Gasteiger partial charge in [0.2, 0.25) is 5.91 Å². The molecule has 128 valence electrons. The molecule has 3 aromatic rings. The van der Waals surface area contributed by atoms with Gasteiger partial charge in [-0.15, -0.1) is 11.3 Å². The summed E-state index contributed by atoms with van der Waals surface area (Å²) in [5.74, 6) is -0.513. The number of halogens is 3. The first-order valence-corrected chi connectivity index (χ1v) is 8.85. The number of amides is 1. The summed E-state index contributed by atoms with van der Waals surface area (Å²) in [5, 5.41) is 9.03. The van der Waals surface area contributed by atoms with Crippen LogP contribution in [0.15, 0.2) is 47.8 Å². The summed E-state index contributed by atoms with van der Waals surface area (Å²) in [6.07, 6.45) is 0.127. The molecule has 1 heterocycles. The lowest BCUT2D eigenvalue weighted by atomic mass is 10.3. The molecular formula is C17H12Cl2FN3OS. The first-order valence-electron chi connectivity index (χ1n) is 7.21. The summed E-state index contributed by atoms with van der Waals surface area (Å²) in [4.78, 5) is 16.4. The van der Waals surface area contributed by atoms with Gasteiger partial charge < -0.3 is 10.6 Å².